The average molecular weight is 231 g/mol. The van der Waals surface area contributed by atoms with Crippen molar-refractivity contribution in [2.24, 2.45) is 0 Å². The van der Waals surface area contributed by atoms with E-state index in [-0.39, 0.29) is 18.5 Å². The van der Waals surface area contributed by atoms with Gasteiger partial charge < -0.3 is 15.2 Å². The molecule has 0 aromatic rings. The van der Waals surface area contributed by atoms with Gasteiger partial charge in [0.05, 0.1) is 12.5 Å². The maximum Gasteiger partial charge on any atom is 0.307 e. The van der Waals surface area contributed by atoms with Gasteiger partial charge in [-0.15, -0.1) is 0 Å². The fourth-order valence-corrected chi connectivity index (χ4v) is 1.05. The van der Waals surface area contributed by atoms with Crippen LogP contribution in [-0.4, -0.2) is 36.2 Å². The number of ether oxygens (including phenoxy) is 1. The Morgan fingerprint density at radius 1 is 1.31 bits per heavy atom. The Kier molecular flexibility index (Phi) is 8.52. The van der Waals surface area contributed by atoms with Crippen LogP contribution in [0, 0.1) is 0 Å². The van der Waals surface area contributed by atoms with Crippen molar-refractivity contribution in [3.8, 4) is 0 Å². The molecule has 16 heavy (non-hydrogen) atoms. The molecule has 5 nitrogen and oxygen atoms in total. The first-order chi connectivity index (χ1) is 7.56. The average Bonchev–Trinajstić information content (AvgIpc) is 2.22. The number of aliphatic carboxylic acids is 1. The Morgan fingerprint density at radius 2 is 2.00 bits per heavy atom. The Morgan fingerprint density at radius 3 is 2.56 bits per heavy atom. The van der Waals surface area contributed by atoms with Crippen molar-refractivity contribution in [1.29, 1.82) is 0 Å². The number of rotatable bonds is 9. The smallest absolute Gasteiger partial charge is 0.307 e. The molecule has 0 rings (SSSR count). The summed E-state index contributed by atoms with van der Waals surface area (Å²) in [5.74, 6) is -1.00. The highest BCUT2D eigenvalue weighted by molar-refractivity contribution is 5.69. The lowest BCUT2D eigenvalue weighted by molar-refractivity contribution is -0.148. The van der Waals surface area contributed by atoms with Crippen molar-refractivity contribution in [3.63, 3.8) is 0 Å². The van der Waals surface area contributed by atoms with Gasteiger partial charge in [0.2, 0.25) is 0 Å². The van der Waals surface area contributed by atoms with Gasteiger partial charge in [0.15, 0.2) is 0 Å². The molecule has 0 aliphatic carbocycles. The summed E-state index contributed by atoms with van der Waals surface area (Å²) < 4.78 is 5.07. The summed E-state index contributed by atoms with van der Waals surface area (Å²) in [7, 11) is 0. The molecule has 1 atom stereocenters. The van der Waals surface area contributed by atoms with Gasteiger partial charge in [-0.05, 0) is 26.3 Å². The van der Waals surface area contributed by atoms with E-state index < -0.39 is 5.97 Å². The summed E-state index contributed by atoms with van der Waals surface area (Å²) in [6.07, 6.45) is 1.86. The number of hydrogen-bond donors (Lipinski definition) is 2. The highest BCUT2D eigenvalue weighted by Gasteiger charge is 2.06. The summed E-state index contributed by atoms with van der Waals surface area (Å²) in [6, 6.07) is 0. The van der Waals surface area contributed by atoms with Crippen LogP contribution in [0.4, 0.5) is 0 Å². The maximum absolute atomic E-state index is 11.2. The molecule has 0 aromatic heterocycles. The van der Waals surface area contributed by atoms with Crippen molar-refractivity contribution in [2.75, 3.05) is 13.1 Å². The molecule has 0 saturated carbocycles. The molecule has 0 aliphatic heterocycles. The molecule has 0 saturated heterocycles. The predicted octanol–water partition coefficient (Wildman–Crippen LogP) is 1.17. The lowest BCUT2D eigenvalue weighted by Gasteiger charge is -2.10. The zero-order valence-corrected chi connectivity index (χ0v) is 9.99. The van der Waals surface area contributed by atoms with Crippen LogP contribution in [0.3, 0.4) is 0 Å². The van der Waals surface area contributed by atoms with Crippen LogP contribution in [0.25, 0.3) is 0 Å². The fourth-order valence-electron chi connectivity index (χ4n) is 1.05. The zero-order chi connectivity index (χ0) is 12.4. The van der Waals surface area contributed by atoms with Crippen LogP contribution in [0.2, 0.25) is 0 Å². The van der Waals surface area contributed by atoms with E-state index in [1.807, 2.05) is 13.8 Å². The van der Waals surface area contributed by atoms with E-state index in [4.69, 9.17) is 9.84 Å². The van der Waals surface area contributed by atoms with Crippen LogP contribution >= 0.6 is 0 Å². The van der Waals surface area contributed by atoms with Crippen molar-refractivity contribution < 1.29 is 19.4 Å². The molecule has 0 radical (unpaired) electrons. The molecule has 0 aliphatic rings. The van der Waals surface area contributed by atoms with Gasteiger partial charge >= 0.3 is 11.9 Å². The number of esters is 1. The summed E-state index contributed by atoms with van der Waals surface area (Å²) in [6.45, 7) is 4.97. The molecule has 1 unspecified atom stereocenters. The maximum atomic E-state index is 11.2. The second-order valence-electron chi connectivity index (χ2n) is 3.71. The normalized spacial score (nSPS) is 12.1. The Hall–Kier alpha value is -1.10. The third kappa shape index (κ3) is 9.45. The Labute approximate surface area is 96.2 Å². The molecule has 5 heteroatoms. The highest BCUT2D eigenvalue weighted by Crippen LogP contribution is 1.98. The predicted molar refractivity (Wildman–Crippen MR) is 60.2 cm³/mol. The van der Waals surface area contributed by atoms with E-state index in [1.165, 1.54) is 0 Å². The first kappa shape index (κ1) is 14.9. The van der Waals surface area contributed by atoms with E-state index in [9.17, 15) is 9.59 Å². The quantitative estimate of drug-likeness (QED) is 0.460. The molecule has 0 fully saturated rings. The molecule has 0 bridgehead atoms. The molecule has 94 valence electrons. The summed E-state index contributed by atoms with van der Waals surface area (Å²) in [4.78, 5) is 21.4. The number of nitrogens with one attached hydrogen (secondary N) is 1. The monoisotopic (exact) mass is 231 g/mol. The standard InChI is InChI=1S/C11H21NO4/c1-3-9(2)16-11(15)6-8-12-7-4-5-10(13)14/h9,12H,3-8H2,1-2H3,(H,13,14). The summed E-state index contributed by atoms with van der Waals surface area (Å²) >= 11 is 0. The van der Waals surface area contributed by atoms with Crippen molar-refractivity contribution in [1.82, 2.24) is 5.32 Å². The molecule has 2 N–H and O–H groups in total. The van der Waals surface area contributed by atoms with Gasteiger partial charge in [-0.3, -0.25) is 9.59 Å². The van der Waals surface area contributed by atoms with Gasteiger partial charge in [0, 0.05) is 13.0 Å². The molecule has 0 heterocycles. The molecule has 0 spiro atoms. The lowest BCUT2D eigenvalue weighted by Crippen LogP contribution is -2.22. The zero-order valence-electron chi connectivity index (χ0n) is 9.99. The van der Waals surface area contributed by atoms with Gasteiger partial charge in [0.25, 0.3) is 0 Å². The van der Waals surface area contributed by atoms with Crippen LogP contribution in [-0.2, 0) is 14.3 Å². The first-order valence-electron chi connectivity index (χ1n) is 5.68. The minimum Gasteiger partial charge on any atom is -0.481 e. The van der Waals surface area contributed by atoms with Crippen LogP contribution in [0.1, 0.15) is 39.5 Å². The highest BCUT2D eigenvalue weighted by atomic mass is 16.5. The molecular weight excluding hydrogens is 210 g/mol. The number of carboxylic acid groups (broad SMARTS) is 1. The van der Waals surface area contributed by atoms with Crippen LogP contribution in [0.15, 0.2) is 0 Å². The minimum absolute atomic E-state index is 0.0282. The SMILES string of the molecule is CCC(C)OC(=O)CCNCCCC(=O)O. The summed E-state index contributed by atoms with van der Waals surface area (Å²) in [5, 5.41) is 11.4. The van der Waals surface area contributed by atoms with Crippen molar-refractivity contribution in [2.45, 2.75) is 45.6 Å². The number of carboxylic acids is 1. The number of carbonyl (C=O) groups excluding carboxylic acids is 1. The van der Waals surface area contributed by atoms with Gasteiger partial charge in [-0.25, -0.2) is 0 Å². The largest absolute Gasteiger partial charge is 0.481 e. The number of carbonyl (C=O) groups is 2. The van der Waals surface area contributed by atoms with Gasteiger partial charge in [0.1, 0.15) is 0 Å². The van der Waals surface area contributed by atoms with E-state index in [0.717, 1.165) is 6.42 Å². The van der Waals surface area contributed by atoms with Crippen LogP contribution < -0.4 is 5.32 Å². The third-order valence-corrected chi connectivity index (χ3v) is 2.16. The fraction of sp³-hybridized carbons (Fsp3) is 0.818. The molecular formula is C11H21NO4. The third-order valence-electron chi connectivity index (χ3n) is 2.16. The van der Waals surface area contributed by atoms with Crippen LogP contribution in [0.5, 0.6) is 0 Å². The van der Waals surface area contributed by atoms with Crippen molar-refractivity contribution in [3.05, 3.63) is 0 Å². The lowest BCUT2D eigenvalue weighted by atomic mass is 10.3. The van der Waals surface area contributed by atoms with E-state index >= 15 is 0 Å². The minimum atomic E-state index is -0.794. The van der Waals surface area contributed by atoms with Crippen molar-refractivity contribution >= 4 is 11.9 Å². The molecule has 0 amide bonds. The Balaban J connectivity index is 3.31. The topological polar surface area (TPSA) is 75.6 Å². The Bertz CT molecular complexity index is 218. The number of hydrogen-bond acceptors (Lipinski definition) is 4. The van der Waals surface area contributed by atoms with Gasteiger partial charge in [-0.1, -0.05) is 6.92 Å². The van der Waals surface area contributed by atoms with E-state index in [0.29, 0.717) is 25.9 Å². The second kappa shape index (κ2) is 9.15. The van der Waals surface area contributed by atoms with Gasteiger partial charge in [-0.2, -0.15) is 0 Å². The summed E-state index contributed by atoms with van der Waals surface area (Å²) in [5.41, 5.74) is 0. The molecule has 0 aromatic carbocycles. The van der Waals surface area contributed by atoms with E-state index in [1.54, 1.807) is 0 Å². The second-order valence-corrected chi connectivity index (χ2v) is 3.71. The first-order valence-corrected chi connectivity index (χ1v) is 5.68. The van der Waals surface area contributed by atoms with E-state index in [2.05, 4.69) is 5.32 Å².